The monoisotopic (exact) mass is 169 g/mol. The Labute approximate surface area is 63.1 Å². The molecule has 1 unspecified atom stereocenters. The molecule has 0 fully saturated rings. The van der Waals surface area contributed by atoms with Crippen LogP contribution in [0.2, 0.25) is 0 Å². The van der Waals surface area contributed by atoms with Crippen molar-refractivity contribution in [3.63, 3.8) is 0 Å². The summed E-state index contributed by atoms with van der Waals surface area (Å²) in [7, 11) is -0.859. The van der Waals surface area contributed by atoms with Gasteiger partial charge in [0.15, 0.2) is 0 Å². The predicted octanol–water partition coefficient (Wildman–Crippen LogP) is 2.72. The molecule has 0 aromatic carbocycles. The number of hydrogen-bond acceptors (Lipinski definition) is 2. The van der Waals surface area contributed by atoms with Crippen molar-refractivity contribution < 1.29 is 13.5 Å². The maximum absolute atomic E-state index is 12.3. The Kier molecular flexibility index (Phi) is 8.98. The largest absolute Gasteiger partial charge is 0.494 e. The van der Waals surface area contributed by atoms with Crippen LogP contribution in [0, 0.1) is 0 Å². The Bertz CT molecular complexity index is 80.3. The van der Waals surface area contributed by atoms with Crippen molar-refractivity contribution in [1.29, 1.82) is 0 Å². The van der Waals surface area contributed by atoms with Crippen molar-refractivity contribution in [2.24, 2.45) is 0 Å². The van der Waals surface area contributed by atoms with E-state index in [9.17, 15) is 8.96 Å². The van der Waals surface area contributed by atoms with E-state index in [0.717, 1.165) is 0 Å². The van der Waals surface area contributed by atoms with E-state index in [1.54, 1.807) is 0 Å². The quantitative estimate of drug-likeness (QED) is 0.607. The molecule has 4 heteroatoms. The van der Waals surface area contributed by atoms with Crippen molar-refractivity contribution in [2.75, 3.05) is 6.61 Å². The van der Waals surface area contributed by atoms with Crippen molar-refractivity contribution in [3.8, 4) is 0 Å². The van der Waals surface area contributed by atoms with Crippen LogP contribution in [0.1, 0.15) is 27.7 Å². The normalized spacial score (nSPS) is 10.5. The summed E-state index contributed by atoms with van der Waals surface area (Å²) >= 11 is 0. The minimum absolute atomic E-state index is 0.102. The highest BCUT2D eigenvalue weighted by Crippen LogP contribution is 2.10. The Balaban J connectivity index is 0. The summed E-state index contributed by atoms with van der Waals surface area (Å²) in [5, 5.41) is 0. The van der Waals surface area contributed by atoms with Gasteiger partial charge in [-0.1, -0.05) is 13.8 Å². The molecule has 0 N–H and O–H groups in total. The third kappa shape index (κ3) is 15.7. The second-order valence-corrected chi connectivity index (χ2v) is 2.55. The lowest BCUT2D eigenvalue weighted by Gasteiger charge is -2.06. The first-order valence-electron chi connectivity index (χ1n) is 3.24. The summed E-state index contributed by atoms with van der Waals surface area (Å²) in [6.45, 7) is 6.63. The van der Waals surface area contributed by atoms with E-state index >= 15 is 0 Å². The summed E-state index contributed by atoms with van der Waals surface area (Å²) in [5.41, 5.74) is -1.36. The SMILES string of the molecule is CC.CC(C)(F)CO[PH+]=O. The molecule has 0 aliphatic carbocycles. The van der Waals surface area contributed by atoms with Crippen molar-refractivity contribution >= 4 is 8.69 Å². The zero-order valence-corrected chi connectivity index (χ0v) is 7.90. The third-order valence-corrected chi connectivity index (χ3v) is 0.737. The molecule has 0 radical (unpaired) electrons. The molecule has 0 aliphatic rings. The molecule has 0 bridgehead atoms. The van der Waals surface area contributed by atoms with Gasteiger partial charge < -0.3 is 0 Å². The summed E-state index contributed by atoms with van der Waals surface area (Å²) < 4.78 is 26.2. The lowest BCUT2D eigenvalue weighted by molar-refractivity contribution is 0.130. The molecule has 0 saturated carbocycles. The third-order valence-electron chi connectivity index (χ3n) is 0.474. The van der Waals surface area contributed by atoms with Gasteiger partial charge in [0.2, 0.25) is 0 Å². The average molecular weight is 169 g/mol. The van der Waals surface area contributed by atoms with E-state index in [1.807, 2.05) is 13.8 Å². The maximum atomic E-state index is 12.3. The summed E-state index contributed by atoms with van der Waals surface area (Å²) in [6, 6.07) is 0. The zero-order chi connectivity index (χ0) is 8.62. The van der Waals surface area contributed by atoms with Crippen LogP contribution in [0.3, 0.4) is 0 Å². The van der Waals surface area contributed by atoms with Gasteiger partial charge in [-0.3, -0.25) is 0 Å². The van der Waals surface area contributed by atoms with Crippen LogP contribution in [0.15, 0.2) is 0 Å². The Hall–Kier alpha value is -0.0100. The number of hydrogen-bond donors (Lipinski definition) is 0. The van der Waals surface area contributed by atoms with Gasteiger partial charge in [0.25, 0.3) is 0 Å². The molecule has 0 saturated heterocycles. The first kappa shape index (κ1) is 12.6. The van der Waals surface area contributed by atoms with E-state index in [1.165, 1.54) is 13.8 Å². The van der Waals surface area contributed by atoms with E-state index in [0.29, 0.717) is 0 Å². The van der Waals surface area contributed by atoms with Gasteiger partial charge in [0.05, 0.1) is 0 Å². The highest BCUT2D eigenvalue weighted by Gasteiger charge is 2.17. The Morgan fingerprint density at radius 1 is 1.50 bits per heavy atom. The fraction of sp³-hybridized carbons (Fsp3) is 1.00. The Morgan fingerprint density at radius 2 is 1.90 bits per heavy atom. The fourth-order valence-electron chi connectivity index (χ4n) is 0.201. The minimum Gasteiger partial charge on any atom is -0.242 e. The molecule has 0 rings (SSSR count). The second kappa shape index (κ2) is 7.10. The van der Waals surface area contributed by atoms with Gasteiger partial charge in [-0.2, -0.15) is 0 Å². The van der Waals surface area contributed by atoms with Gasteiger partial charge in [0.1, 0.15) is 12.3 Å². The van der Waals surface area contributed by atoms with Gasteiger partial charge in [0, 0.05) is 0 Å². The van der Waals surface area contributed by atoms with Crippen LogP contribution in [-0.2, 0) is 9.09 Å². The van der Waals surface area contributed by atoms with Crippen LogP contribution in [0.25, 0.3) is 0 Å². The van der Waals surface area contributed by atoms with E-state index < -0.39 is 14.4 Å². The van der Waals surface area contributed by atoms with E-state index in [2.05, 4.69) is 4.52 Å². The predicted molar refractivity (Wildman–Crippen MR) is 41.5 cm³/mol. The van der Waals surface area contributed by atoms with Crippen molar-refractivity contribution in [3.05, 3.63) is 0 Å². The minimum atomic E-state index is -1.36. The van der Waals surface area contributed by atoms with Crippen LogP contribution in [0.4, 0.5) is 4.39 Å². The smallest absolute Gasteiger partial charge is 0.242 e. The molecule has 1 atom stereocenters. The molecule has 0 amide bonds. The van der Waals surface area contributed by atoms with Gasteiger partial charge in [-0.25, -0.2) is 4.39 Å². The van der Waals surface area contributed by atoms with E-state index in [-0.39, 0.29) is 6.61 Å². The molecule has 0 aromatic heterocycles. The van der Waals surface area contributed by atoms with Crippen LogP contribution < -0.4 is 0 Å². The number of halogens is 1. The molecule has 62 valence electrons. The summed E-state index contributed by atoms with van der Waals surface area (Å²) in [5.74, 6) is 0. The van der Waals surface area contributed by atoms with Crippen molar-refractivity contribution in [2.45, 2.75) is 33.4 Å². The molecule has 0 spiro atoms. The second-order valence-electron chi connectivity index (χ2n) is 2.09. The molecule has 0 aromatic rings. The fourth-order valence-corrected chi connectivity index (χ4v) is 0.603. The summed E-state index contributed by atoms with van der Waals surface area (Å²) in [4.78, 5) is 0. The van der Waals surface area contributed by atoms with Gasteiger partial charge in [-0.15, -0.1) is 4.52 Å². The highest BCUT2D eigenvalue weighted by molar-refractivity contribution is 7.17. The molecule has 10 heavy (non-hydrogen) atoms. The van der Waals surface area contributed by atoms with Crippen LogP contribution in [-0.4, -0.2) is 12.3 Å². The topological polar surface area (TPSA) is 26.3 Å². The lowest BCUT2D eigenvalue weighted by Crippen LogP contribution is -2.17. The van der Waals surface area contributed by atoms with Gasteiger partial charge >= 0.3 is 8.69 Å². The first-order valence-corrected chi connectivity index (χ1v) is 4.06. The maximum Gasteiger partial charge on any atom is 0.494 e. The Morgan fingerprint density at radius 3 is 2.00 bits per heavy atom. The first-order chi connectivity index (χ1) is 4.56. The molecule has 0 heterocycles. The standard InChI is InChI=1S/C4H9FO2P.C2H6/c1-4(2,5)3-7-8-6;1-2/h8H,3H2,1-2H3;1-2H3/q+1;. The number of alkyl halides is 1. The van der Waals surface area contributed by atoms with Crippen LogP contribution in [0.5, 0.6) is 0 Å². The van der Waals surface area contributed by atoms with Crippen molar-refractivity contribution in [1.82, 2.24) is 0 Å². The highest BCUT2D eigenvalue weighted by atomic mass is 31.1. The van der Waals surface area contributed by atoms with Gasteiger partial charge in [-0.05, 0) is 18.4 Å². The molecule has 0 aliphatic heterocycles. The zero-order valence-electron chi connectivity index (χ0n) is 6.90. The molecular formula is C6H15FO2P+. The van der Waals surface area contributed by atoms with Crippen LogP contribution >= 0.6 is 8.69 Å². The molecule has 2 nitrogen and oxygen atoms in total. The van der Waals surface area contributed by atoms with E-state index in [4.69, 9.17) is 0 Å². The average Bonchev–Trinajstić information content (AvgIpc) is 1.87. The summed E-state index contributed by atoms with van der Waals surface area (Å²) in [6.07, 6.45) is 0. The number of rotatable bonds is 3. The molecular weight excluding hydrogens is 154 g/mol. The lowest BCUT2D eigenvalue weighted by atomic mass is 10.2.